The molecule has 0 saturated carbocycles. The van der Waals surface area contributed by atoms with Crippen LogP contribution < -0.4 is 10.6 Å². The van der Waals surface area contributed by atoms with Gasteiger partial charge >= 0.3 is 0 Å². The zero-order chi connectivity index (χ0) is 19.8. The minimum Gasteiger partial charge on any atom is -0.348 e. The van der Waals surface area contributed by atoms with Crippen LogP contribution in [0.3, 0.4) is 0 Å². The molecule has 0 heterocycles. The second-order valence-corrected chi connectivity index (χ2v) is 7.84. The molecule has 2 rings (SSSR count). The lowest BCUT2D eigenvalue weighted by Crippen LogP contribution is -2.47. The van der Waals surface area contributed by atoms with Crippen LogP contribution in [-0.2, 0) is 4.79 Å². The zero-order valence-corrected chi connectivity index (χ0v) is 17.5. The van der Waals surface area contributed by atoms with Crippen LogP contribution in [0.2, 0.25) is 10.0 Å². The number of nitrogens with one attached hydrogen (secondary N) is 2. The van der Waals surface area contributed by atoms with Gasteiger partial charge in [-0.25, -0.2) is 0 Å². The van der Waals surface area contributed by atoms with Crippen LogP contribution >= 0.6 is 35.0 Å². The van der Waals surface area contributed by atoms with Gasteiger partial charge in [0.15, 0.2) is 0 Å². The number of halogens is 2. The molecule has 2 aromatic carbocycles. The van der Waals surface area contributed by atoms with E-state index in [0.717, 1.165) is 11.3 Å². The predicted octanol–water partition coefficient (Wildman–Crippen LogP) is 4.72. The number of hydrogen-bond acceptors (Lipinski definition) is 3. The fraction of sp³-hybridized carbons (Fsp3) is 0.300. The molecule has 0 aromatic heterocycles. The van der Waals surface area contributed by atoms with Gasteiger partial charge in [0.05, 0.1) is 16.6 Å². The molecule has 0 aliphatic rings. The Morgan fingerprint density at radius 2 is 1.63 bits per heavy atom. The van der Waals surface area contributed by atoms with Crippen molar-refractivity contribution in [2.24, 2.45) is 0 Å². The second kappa shape index (κ2) is 10.6. The number of carbonyl (C=O) groups excluding carboxylic acids is 2. The molecule has 0 bridgehead atoms. The van der Waals surface area contributed by atoms with E-state index in [9.17, 15) is 9.59 Å². The summed E-state index contributed by atoms with van der Waals surface area (Å²) in [4.78, 5) is 25.3. The molecular formula is C20H22Cl2N2O2S. The van der Waals surface area contributed by atoms with Crippen LogP contribution in [0.4, 0.5) is 0 Å². The van der Waals surface area contributed by atoms with Crippen LogP contribution in [0.15, 0.2) is 48.5 Å². The average molecular weight is 425 g/mol. The minimum atomic E-state index is -0.661. The number of amides is 2. The number of carbonyl (C=O) groups is 2. The van der Waals surface area contributed by atoms with Gasteiger partial charge in [0.25, 0.3) is 5.91 Å². The lowest BCUT2D eigenvalue weighted by molar-refractivity contribution is -0.123. The molecule has 2 unspecified atom stereocenters. The SMILES string of the molecule is CSCCC(NC(=O)c1ccccc1Cl)C(=O)NC(C)c1ccccc1Cl. The van der Waals surface area contributed by atoms with Crippen molar-refractivity contribution in [2.75, 3.05) is 12.0 Å². The largest absolute Gasteiger partial charge is 0.348 e. The highest BCUT2D eigenvalue weighted by molar-refractivity contribution is 7.98. The third-order valence-corrected chi connectivity index (χ3v) is 5.40. The van der Waals surface area contributed by atoms with Gasteiger partial charge in [-0.1, -0.05) is 53.5 Å². The molecule has 0 aliphatic carbocycles. The lowest BCUT2D eigenvalue weighted by atomic mass is 10.1. The summed E-state index contributed by atoms with van der Waals surface area (Å²) in [6.07, 6.45) is 2.47. The van der Waals surface area contributed by atoms with Crippen molar-refractivity contribution in [3.8, 4) is 0 Å². The first-order chi connectivity index (χ1) is 12.9. The number of hydrogen-bond donors (Lipinski definition) is 2. The van der Waals surface area contributed by atoms with Crippen molar-refractivity contribution in [3.05, 3.63) is 69.7 Å². The first-order valence-electron chi connectivity index (χ1n) is 8.53. The van der Waals surface area contributed by atoms with Gasteiger partial charge in [0.1, 0.15) is 6.04 Å². The van der Waals surface area contributed by atoms with Crippen LogP contribution in [0.1, 0.15) is 35.3 Å². The first kappa shape index (κ1) is 21.6. The molecule has 4 nitrogen and oxygen atoms in total. The highest BCUT2D eigenvalue weighted by Gasteiger charge is 2.24. The molecule has 2 atom stereocenters. The van der Waals surface area contributed by atoms with Gasteiger partial charge < -0.3 is 10.6 Å². The summed E-state index contributed by atoms with van der Waals surface area (Å²) in [6, 6.07) is 13.2. The quantitative estimate of drug-likeness (QED) is 0.644. The summed E-state index contributed by atoms with van der Waals surface area (Å²) in [5.41, 5.74) is 1.17. The Morgan fingerprint density at radius 3 is 2.26 bits per heavy atom. The minimum absolute atomic E-state index is 0.253. The standard InChI is InChI=1S/C20H22Cl2N2O2S/c1-13(14-7-3-5-9-16(14)21)23-20(26)18(11-12-27-2)24-19(25)15-8-4-6-10-17(15)22/h3-10,13,18H,11-12H2,1-2H3,(H,23,26)(H,24,25). The maximum Gasteiger partial charge on any atom is 0.253 e. The number of thioether (sulfide) groups is 1. The van der Waals surface area contributed by atoms with E-state index in [-0.39, 0.29) is 17.9 Å². The van der Waals surface area contributed by atoms with Crippen LogP contribution in [0.5, 0.6) is 0 Å². The van der Waals surface area contributed by atoms with Crippen molar-refractivity contribution >= 4 is 46.8 Å². The molecule has 0 saturated heterocycles. The molecule has 27 heavy (non-hydrogen) atoms. The van der Waals surface area contributed by atoms with Crippen molar-refractivity contribution < 1.29 is 9.59 Å². The average Bonchev–Trinajstić information content (AvgIpc) is 2.65. The molecule has 144 valence electrons. The summed E-state index contributed by atoms with van der Waals surface area (Å²) in [5, 5.41) is 6.67. The van der Waals surface area contributed by atoms with E-state index in [2.05, 4.69) is 10.6 Å². The highest BCUT2D eigenvalue weighted by Crippen LogP contribution is 2.22. The molecule has 0 radical (unpaired) electrons. The van der Waals surface area contributed by atoms with E-state index in [4.69, 9.17) is 23.2 Å². The third kappa shape index (κ3) is 6.16. The normalized spacial score (nSPS) is 12.9. The van der Waals surface area contributed by atoms with Gasteiger partial charge in [-0.2, -0.15) is 11.8 Å². The van der Waals surface area contributed by atoms with Crippen LogP contribution in [-0.4, -0.2) is 29.9 Å². The van der Waals surface area contributed by atoms with Crippen molar-refractivity contribution in [1.82, 2.24) is 10.6 Å². The van der Waals surface area contributed by atoms with E-state index in [0.29, 0.717) is 22.0 Å². The van der Waals surface area contributed by atoms with E-state index >= 15 is 0 Å². The second-order valence-electron chi connectivity index (χ2n) is 6.04. The predicted molar refractivity (Wildman–Crippen MR) is 114 cm³/mol. The van der Waals surface area contributed by atoms with Crippen LogP contribution in [0.25, 0.3) is 0 Å². The van der Waals surface area contributed by atoms with Gasteiger partial charge in [-0.3, -0.25) is 9.59 Å². The summed E-state index contributed by atoms with van der Waals surface area (Å²) in [7, 11) is 0. The Labute approximate surface area is 174 Å². The Bertz CT molecular complexity index is 801. The van der Waals surface area contributed by atoms with Gasteiger partial charge in [0.2, 0.25) is 5.91 Å². The fourth-order valence-electron chi connectivity index (χ4n) is 2.60. The first-order valence-corrected chi connectivity index (χ1v) is 10.7. The Kier molecular flexibility index (Phi) is 8.48. The van der Waals surface area contributed by atoms with Crippen molar-refractivity contribution in [1.29, 1.82) is 0 Å². The summed E-state index contributed by atoms with van der Waals surface area (Å²) >= 11 is 13.9. The van der Waals surface area contributed by atoms with E-state index < -0.39 is 6.04 Å². The van der Waals surface area contributed by atoms with Gasteiger partial charge in [-0.05, 0) is 49.1 Å². The molecule has 2 N–H and O–H groups in total. The monoisotopic (exact) mass is 424 g/mol. The lowest BCUT2D eigenvalue weighted by Gasteiger charge is -2.22. The summed E-state index contributed by atoms with van der Waals surface area (Å²) < 4.78 is 0. The van der Waals surface area contributed by atoms with E-state index in [1.54, 1.807) is 42.1 Å². The Balaban J connectivity index is 2.10. The van der Waals surface area contributed by atoms with Gasteiger partial charge in [-0.15, -0.1) is 0 Å². The zero-order valence-electron chi connectivity index (χ0n) is 15.2. The topological polar surface area (TPSA) is 58.2 Å². The maximum absolute atomic E-state index is 12.8. The van der Waals surface area contributed by atoms with Gasteiger partial charge in [0, 0.05) is 5.02 Å². The highest BCUT2D eigenvalue weighted by atomic mass is 35.5. The summed E-state index contributed by atoms with van der Waals surface area (Å²) in [5.74, 6) is 0.116. The number of benzene rings is 2. The fourth-order valence-corrected chi connectivity index (χ4v) is 3.60. The van der Waals surface area contributed by atoms with E-state index in [1.807, 2.05) is 31.4 Å². The smallest absolute Gasteiger partial charge is 0.253 e. The van der Waals surface area contributed by atoms with Crippen molar-refractivity contribution in [3.63, 3.8) is 0 Å². The van der Waals surface area contributed by atoms with Crippen LogP contribution in [0, 0.1) is 0 Å². The molecule has 0 fully saturated rings. The van der Waals surface area contributed by atoms with E-state index in [1.165, 1.54) is 0 Å². The number of rotatable bonds is 8. The molecular weight excluding hydrogens is 403 g/mol. The maximum atomic E-state index is 12.8. The molecule has 2 amide bonds. The molecule has 2 aromatic rings. The summed E-state index contributed by atoms with van der Waals surface area (Å²) in [6.45, 7) is 1.86. The molecule has 0 spiro atoms. The molecule has 7 heteroatoms. The Hall–Kier alpha value is -1.69. The molecule has 0 aliphatic heterocycles. The third-order valence-electron chi connectivity index (χ3n) is 4.08. The van der Waals surface area contributed by atoms with Crippen molar-refractivity contribution in [2.45, 2.75) is 25.4 Å². The Morgan fingerprint density at radius 1 is 1.00 bits per heavy atom.